The summed E-state index contributed by atoms with van der Waals surface area (Å²) in [7, 11) is 0. The maximum Gasteiger partial charge on any atom is 0.260 e. The monoisotopic (exact) mass is 438 g/mol. The van der Waals surface area contributed by atoms with Gasteiger partial charge in [0.1, 0.15) is 16.9 Å². The van der Waals surface area contributed by atoms with Crippen LogP contribution in [0.4, 0.5) is 5.82 Å². The molecular formula is C24H34N6O2. The molecule has 2 N–H and O–H groups in total. The molecule has 8 heteroatoms. The summed E-state index contributed by atoms with van der Waals surface area (Å²) in [5.74, 6) is 1.83. The molecule has 172 valence electrons. The quantitative estimate of drug-likeness (QED) is 0.547. The van der Waals surface area contributed by atoms with Crippen LogP contribution >= 0.6 is 0 Å². The number of benzene rings is 1. The van der Waals surface area contributed by atoms with Crippen LogP contribution in [0.25, 0.3) is 11.0 Å². The first kappa shape index (κ1) is 22.5. The Kier molecular flexibility index (Phi) is 7.22. The number of unbranched alkanes of at least 4 members (excludes halogenated alkanes) is 1. The van der Waals surface area contributed by atoms with Crippen molar-refractivity contribution in [1.82, 2.24) is 24.6 Å². The number of ether oxygens (including phenoxy) is 2. The molecule has 0 radical (unpaired) electrons. The van der Waals surface area contributed by atoms with E-state index in [1.165, 1.54) is 11.1 Å². The second kappa shape index (κ2) is 10.3. The molecule has 0 atom stereocenters. The van der Waals surface area contributed by atoms with E-state index in [9.17, 15) is 0 Å². The van der Waals surface area contributed by atoms with Crippen molar-refractivity contribution in [2.75, 3.05) is 32.0 Å². The van der Waals surface area contributed by atoms with Crippen LogP contribution in [0.15, 0.2) is 24.3 Å². The Labute approximate surface area is 189 Å². The zero-order chi connectivity index (χ0) is 22.5. The number of nitrogens with zero attached hydrogens (tertiary/aromatic N) is 5. The summed E-state index contributed by atoms with van der Waals surface area (Å²) < 4.78 is 13.6. The van der Waals surface area contributed by atoms with E-state index < -0.39 is 0 Å². The van der Waals surface area contributed by atoms with Crippen LogP contribution in [0.3, 0.4) is 0 Å². The number of fused-ring (bicyclic) bond motifs is 1. The van der Waals surface area contributed by atoms with Gasteiger partial charge in [-0.25, -0.2) is 4.98 Å². The predicted octanol–water partition coefficient (Wildman–Crippen LogP) is 3.42. The van der Waals surface area contributed by atoms with Gasteiger partial charge in [0.2, 0.25) is 0 Å². The Morgan fingerprint density at radius 2 is 1.75 bits per heavy atom. The SMILES string of the molecule is CCCCc1nc2c(N)nnc(OC(C)C)c2n1Cc1ccc(CN2CCOCC2)cc1. The van der Waals surface area contributed by atoms with Crippen molar-refractivity contribution < 1.29 is 9.47 Å². The molecule has 0 amide bonds. The van der Waals surface area contributed by atoms with Crippen LogP contribution in [0.1, 0.15) is 50.6 Å². The van der Waals surface area contributed by atoms with Crippen molar-refractivity contribution in [1.29, 1.82) is 0 Å². The smallest absolute Gasteiger partial charge is 0.260 e. The number of rotatable bonds is 9. The highest BCUT2D eigenvalue weighted by Gasteiger charge is 2.20. The van der Waals surface area contributed by atoms with Gasteiger partial charge in [-0.2, -0.15) is 0 Å². The van der Waals surface area contributed by atoms with Gasteiger partial charge in [-0.3, -0.25) is 4.90 Å². The fourth-order valence-corrected chi connectivity index (χ4v) is 4.04. The van der Waals surface area contributed by atoms with Gasteiger partial charge in [0.05, 0.1) is 19.3 Å². The van der Waals surface area contributed by atoms with Gasteiger partial charge in [-0.1, -0.05) is 37.6 Å². The maximum atomic E-state index is 6.15. The molecule has 32 heavy (non-hydrogen) atoms. The number of nitrogens with two attached hydrogens (primary N) is 1. The highest BCUT2D eigenvalue weighted by atomic mass is 16.5. The number of hydrogen-bond donors (Lipinski definition) is 1. The van der Waals surface area contributed by atoms with E-state index in [0.29, 0.717) is 23.8 Å². The first-order chi connectivity index (χ1) is 15.5. The van der Waals surface area contributed by atoms with Crippen molar-refractivity contribution in [3.8, 4) is 5.88 Å². The third-order valence-corrected chi connectivity index (χ3v) is 5.72. The van der Waals surface area contributed by atoms with Gasteiger partial charge in [-0.05, 0) is 31.4 Å². The largest absolute Gasteiger partial charge is 0.472 e. The summed E-state index contributed by atoms with van der Waals surface area (Å²) in [6, 6.07) is 8.84. The third-order valence-electron chi connectivity index (χ3n) is 5.72. The van der Waals surface area contributed by atoms with Crippen LogP contribution < -0.4 is 10.5 Å². The number of morpholine rings is 1. The van der Waals surface area contributed by atoms with Crippen molar-refractivity contribution >= 4 is 16.9 Å². The molecule has 1 aromatic carbocycles. The fourth-order valence-electron chi connectivity index (χ4n) is 4.04. The van der Waals surface area contributed by atoms with Gasteiger partial charge < -0.3 is 19.8 Å². The van der Waals surface area contributed by atoms with Crippen LogP contribution in [0.5, 0.6) is 5.88 Å². The number of nitrogen functional groups attached to an aromatic ring is 1. The lowest BCUT2D eigenvalue weighted by molar-refractivity contribution is 0.0342. The molecule has 0 aliphatic carbocycles. The molecule has 1 aliphatic rings. The summed E-state index contributed by atoms with van der Waals surface area (Å²) in [6.45, 7) is 11.4. The van der Waals surface area contributed by atoms with Crippen LogP contribution in [-0.4, -0.2) is 57.1 Å². The summed E-state index contributed by atoms with van der Waals surface area (Å²) in [5.41, 5.74) is 10.2. The lowest BCUT2D eigenvalue weighted by Gasteiger charge is -2.26. The molecule has 3 aromatic rings. The molecule has 1 fully saturated rings. The number of aromatic nitrogens is 4. The van der Waals surface area contributed by atoms with Crippen molar-refractivity contribution in [2.24, 2.45) is 0 Å². The minimum Gasteiger partial charge on any atom is -0.472 e. The van der Waals surface area contributed by atoms with Gasteiger partial charge in [0, 0.05) is 32.6 Å². The van der Waals surface area contributed by atoms with Gasteiger partial charge in [0.15, 0.2) is 5.82 Å². The molecule has 8 nitrogen and oxygen atoms in total. The summed E-state index contributed by atoms with van der Waals surface area (Å²) in [6.07, 6.45) is 3.02. The van der Waals surface area contributed by atoms with E-state index >= 15 is 0 Å². The number of hydrogen-bond acceptors (Lipinski definition) is 7. The summed E-state index contributed by atoms with van der Waals surface area (Å²) >= 11 is 0. The Bertz CT molecular complexity index is 1030. The third kappa shape index (κ3) is 5.19. The lowest BCUT2D eigenvalue weighted by atomic mass is 10.1. The molecule has 1 saturated heterocycles. The molecule has 0 unspecified atom stereocenters. The van der Waals surface area contributed by atoms with E-state index in [2.05, 4.69) is 50.9 Å². The topological polar surface area (TPSA) is 91.3 Å². The van der Waals surface area contributed by atoms with Crippen molar-refractivity contribution in [3.05, 3.63) is 41.2 Å². The summed E-state index contributed by atoms with van der Waals surface area (Å²) in [5, 5.41) is 8.33. The van der Waals surface area contributed by atoms with E-state index in [4.69, 9.17) is 20.2 Å². The Hall–Kier alpha value is -2.71. The first-order valence-electron chi connectivity index (χ1n) is 11.6. The maximum absolute atomic E-state index is 6.15. The molecule has 0 saturated carbocycles. The Morgan fingerprint density at radius 3 is 2.41 bits per heavy atom. The minimum absolute atomic E-state index is 0.0157. The van der Waals surface area contributed by atoms with Crippen molar-refractivity contribution in [3.63, 3.8) is 0 Å². The van der Waals surface area contributed by atoms with E-state index in [1.807, 2.05) is 13.8 Å². The van der Waals surface area contributed by atoms with Crippen LogP contribution in [0, 0.1) is 0 Å². The molecule has 3 heterocycles. The van der Waals surface area contributed by atoms with E-state index in [0.717, 1.165) is 63.5 Å². The summed E-state index contributed by atoms with van der Waals surface area (Å²) in [4.78, 5) is 7.28. The zero-order valence-electron chi connectivity index (χ0n) is 19.4. The first-order valence-corrected chi connectivity index (χ1v) is 11.6. The van der Waals surface area contributed by atoms with E-state index in [-0.39, 0.29) is 6.10 Å². The normalized spacial score (nSPS) is 15.0. The van der Waals surface area contributed by atoms with E-state index in [1.54, 1.807) is 0 Å². The molecule has 2 aromatic heterocycles. The number of aryl methyl sites for hydroxylation is 1. The molecule has 4 rings (SSSR count). The van der Waals surface area contributed by atoms with Gasteiger partial charge in [0.25, 0.3) is 5.88 Å². The number of anilines is 1. The van der Waals surface area contributed by atoms with Gasteiger partial charge >= 0.3 is 0 Å². The van der Waals surface area contributed by atoms with Crippen molar-refractivity contribution in [2.45, 2.75) is 59.2 Å². The Balaban J connectivity index is 1.63. The predicted molar refractivity (Wildman–Crippen MR) is 126 cm³/mol. The number of imidazole rings is 1. The lowest BCUT2D eigenvalue weighted by Crippen LogP contribution is -2.35. The average molecular weight is 439 g/mol. The highest BCUT2D eigenvalue weighted by Crippen LogP contribution is 2.29. The van der Waals surface area contributed by atoms with Crippen LogP contribution in [-0.2, 0) is 24.2 Å². The van der Waals surface area contributed by atoms with Gasteiger partial charge in [-0.15, -0.1) is 10.2 Å². The standard InChI is InChI=1S/C24H34N6O2/c1-4-5-6-20-26-21-22(24(32-17(2)3)28-27-23(21)25)30(20)16-19-9-7-18(8-10-19)15-29-11-13-31-14-12-29/h7-10,17H,4-6,11-16H2,1-3H3,(H2,25,27). The second-order valence-corrected chi connectivity index (χ2v) is 8.68. The highest BCUT2D eigenvalue weighted by molar-refractivity contribution is 5.88. The zero-order valence-corrected chi connectivity index (χ0v) is 19.4. The molecular weight excluding hydrogens is 404 g/mol. The second-order valence-electron chi connectivity index (χ2n) is 8.68. The minimum atomic E-state index is -0.0157. The fraction of sp³-hybridized carbons (Fsp3) is 0.542. The molecule has 1 aliphatic heterocycles. The molecule has 0 bridgehead atoms. The Morgan fingerprint density at radius 1 is 1.06 bits per heavy atom. The van der Waals surface area contributed by atoms with Crippen LogP contribution in [0.2, 0.25) is 0 Å². The molecule has 0 spiro atoms. The average Bonchev–Trinajstić information content (AvgIpc) is 3.15.